The topological polar surface area (TPSA) is 26.3 Å². The smallest absolute Gasteiger partial charge is 0.405 e. The second-order valence-electron chi connectivity index (χ2n) is 3.31. The lowest BCUT2D eigenvalue weighted by molar-refractivity contribution is -0.274. The van der Waals surface area contributed by atoms with Gasteiger partial charge in [-0.05, 0) is 18.2 Å². The zero-order valence-corrected chi connectivity index (χ0v) is 10.5. The SMILES string of the molecule is O=C(CBr)c1cc(C(F)(F)F)ccc1OC(F)(F)F. The zero-order valence-electron chi connectivity index (χ0n) is 8.90. The number of rotatable bonds is 3. The Morgan fingerprint density at radius 1 is 1.16 bits per heavy atom. The van der Waals surface area contributed by atoms with Crippen LogP contribution < -0.4 is 4.74 Å². The molecule has 0 heterocycles. The second-order valence-corrected chi connectivity index (χ2v) is 3.87. The number of ketones is 1. The standard InChI is InChI=1S/C10H5BrF6O2/c11-4-7(18)6-3-5(9(12,13)14)1-2-8(6)19-10(15,16)17/h1-3H,4H2. The Morgan fingerprint density at radius 2 is 1.74 bits per heavy atom. The van der Waals surface area contributed by atoms with Crippen molar-refractivity contribution in [3.05, 3.63) is 29.3 Å². The van der Waals surface area contributed by atoms with Crippen LogP contribution in [0.15, 0.2) is 18.2 Å². The molecular weight excluding hydrogens is 346 g/mol. The lowest BCUT2D eigenvalue weighted by Crippen LogP contribution is -2.20. The number of carbonyl (C=O) groups is 1. The summed E-state index contributed by atoms with van der Waals surface area (Å²) in [4.78, 5) is 11.3. The van der Waals surface area contributed by atoms with E-state index in [1.54, 1.807) is 0 Å². The largest absolute Gasteiger partial charge is 0.573 e. The average molecular weight is 351 g/mol. The van der Waals surface area contributed by atoms with Crippen molar-refractivity contribution in [2.24, 2.45) is 0 Å². The van der Waals surface area contributed by atoms with E-state index >= 15 is 0 Å². The molecule has 0 aliphatic heterocycles. The summed E-state index contributed by atoms with van der Waals surface area (Å²) in [6, 6.07) is 1.20. The van der Waals surface area contributed by atoms with Crippen molar-refractivity contribution in [1.82, 2.24) is 0 Å². The van der Waals surface area contributed by atoms with Crippen molar-refractivity contribution in [1.29, 1.82) is 0 Å². The number of benzene rings is 1. The summed E-state index contributed by atoms with van der Waals surface area (Å²) in [5, 5.41) is -0.428. The van der Waals surface area contributed by atoms with Gasteiger partial charge in [-0.15, -0.1) is 13.2 Å². The molecule has 0 atom stereocenters. The van der Waals surface area contributed by atoms with Crippen molar-refractivity contribution in [2.75, 3.05) is 5.33 Å². The van der Waals surface area contributed by atoms with Crippen LogP contribution in [0.4, 0.5) is 26.3 Å². The lowest BCUT2D eigenvalue weighted by Gasteiger charge is -2.14. The molecule has 0 saturated carbocycles. The van der Waals surface area contributed by atoms with Crippen LogP contribution in [0.5, 0.6) is 5.75 Å². The van der Waals surface area contributed by atoms with E-state index < -0.39 is 40.5 Å². The highest BCUT2D eigenvalue weighted by molar-refractivity contribution is 9.09. The van der Waals surface area contributed by atoms with Crippen LogP contribution in [0, 0.1) is 0 Å². The van der Waals surface area contributed by atoms with E-state index in [1.165, 1.54) is 0 Å². The molecule has 0 unspecified atom stereocenters. The number of hydrogen-bond acceptors (Lipinski definition) is 2. The summed E-state index contributed by atoms with van der Waals surface area (Å²) in [6.45, 7) is 0. The first kappa shape index (κ1) is 15.8. The third kappa shape index (κ3) is 4.41. The Morgan fingerprint density at radius 3 is 2.16 bits per heavy atom. The van der Waals surface area contributed by atoms with E-state index in [9.17, 15) is 31.1 Å². The molecule has 2 nitrogen and oxygen atoms in total. The molecule has 19 heavy (non-hydrogen) atoms. The molecule has 0 N–H and O–H groups in total. The van der Waals surface area contributed by atoms with Gasteiger partial charge in [-0.3, -0.25) is 4.79 Å². The number of halogens is 7. The predicted molar refractivity (Wildman–Crippen MR) is 56.3 cm³/mol. The molecule has 0 saturated heterocycles. The molecule has 0 fully saturated rings. The molecule has 0 amide bonds. The Balaban J connectivity index is 3.29. The molecular formula is C10H5BrF6O2. The molecule has 0 bridgehead atoms. The highest BCUT2D eigenvalue weighted by Crippen LogP contribution is 2.34. The predicted octanol–water partition coefficient (Wildman–Crippen LogP) is 4.18. The molecule has 0 aliphatic rings. The third-order valence-corrected chi connectivity index (χ3v) is 2.46. The van der Waals surface area contributed by atoms with Gasteiger partial charge < -0.3 is 4.74 Å². The number of carbonyl (C=O) groups excluding carboxylic acids is 1. The van der Waals surface area contributed by atoms with Gasteiger partial charge >= 0.3 is 12.5 Å². The number of Topliss-reactive ketones (excluding diaryl/α,β-unsaturated/α-hetero) is 1. The number of alkyl halides is 7. The molecule has 0 radical (unpaired) electrons. The van der Waals surface area contributed by atoms with Crippen LogP contribution in [0.2, 0.25) is 0 Å². The van der Waals surface area contributed by atoms with Gasteiger partial charge in [-0.1, -0.05) is 15.9 Å². The van der Waals surface area contributed by atoms with Crippen LogP contribution in [-0.4, -0.2) is 17.5 Å². The minimum absolute atomic E-state index is 0.324. The third-order valence-electron chi connectivity index (χ3n) is 1.95. The first-order valence-corrected chi connectivity index (χ1v) is 5.73. The van der Waals surface area contributed by atoms with E-state index in [4.69, 9.17) is 0 Å². The summed E-state index contributed by atoms with van der Waals surface area (Å²) >= 11 is 2.67. The van der Waals surface area contributed by atoms with Crippen LogP contribution in [0.1, 0.15) is 15.9 Å². The molecule has 0 aliphatic carbocycles. The number of hydrogen-bond donors (Lipinski definition) is 0. The van der Waals surface area contributed by atoms with Gasteiger partial charge in [-0.25, -0.2) is 0 Å². The molecule has 1 aromatic carbocycles. The molecule has 0 spiro atoms. The highest BCUT2D eigenvalue weighted by atomic mass is 79.9. The van der Waals surface area contributed by atoms with Crippen LogP contribution in [-0.2, 0) is 6.18 Å². The van der Waals surface area contributed by atoms with Crippen molar-refractivity contribution in [2.45, 2.75) is 12.5 Å². The zero-order chi connectivity index (χ0) is 14.8. The van der Waals surface area contributed by atoms with Gasteiger partial charge in [0.15, 0.2) is 5.78 Å². The fourth-order valence-corrected chi connectivity index (χ4v) is 1.51. The lowest BCUT2D eigenvalue weighted by atomic mass is 10.1. The van der Waals surface area contributed by atoms with Crippen molar-refractivity contribution in [3.8, 4) is 5.75 Å². The Hall–Kier alpha value is -1.25. The van der Waals surface area contributed by atoms with Gasteiger partial charge in [0.05, 0.1) is 16.5 Å². The van der Waals surface area contributed by atoms with Gasteiger partial charge in [0.2, 0.25) is 0 Å². The Kier molecular flexibility index (Phi) is 4.49. The van der Waals surface area contributed by atoms with Crippen molar-refractivity contribution >= 4 is 21.7 Å². The monoisotopic (exact) mass is 350 g/mol. The minimum Gasteiger partial charge on any atom is -0.405 e. The average Bonchev–Trinajstić information content (AvgIpc) is 2.25. The van der Waals surface area contributed by atoms with Gasteiger partial charge in [-0.2, -0.15) is 13.2 Å². The van der Waals surface area contributed by atoms with Gasteiger partial charge in [0, 0.05) is 0 Å². The summed E-state index contributed by atoms with van der Waals surface area (Å²) < 4.78 is 76.9. The first-order valence-electron chi connectivity index (χ1n) is 4.61. The van der Waals surface area contributed by atoms with Gasteiger partial charge in [0.25, 0.3) is 0 Å². The summed E-state index contributed by atoms with van der Waals surface area (Å²) in [5.41, 5.74) is -2.02. The Labute approximate surface area is 111 Å². The fraction of sp³-hybridized carbons (Fsp3) is 0.300. The maximum Gasteiger partial charge on any atom is 0.573 e. The fourth-order valence-electron chi connectivity index (χ4n) is 1.21. The highest BCUT2D eigenvalue weighted by Gasteiger charge is 2.35. The van der Waals surface area contributed by atoms with E-state index in [0.29, 0.717) is 18.2 Å². The maximum atomic E-state index is 12.4. The minimum atomic E-state index is -5.10. The van der Waals surface area contributed by atoms with Crippen LogP contribution in [0.25, 0.3) is 0 Å². The number of ether oxygens (including phenoxy) is 1. The van der Waals surface area contributed by atoms with Crippen molar-refractivity contribution < 1.29 is 35.9 Å². The first-order chi connectivity index (χ1) is 8.54. The van der Waals surface area contributed by atoms with E-state index in [-0.39, 0.29) is 0 Å². The van der Waals surface area contributed by atoms with E-state index in [1.807, 2.05) is 0 Å². The molecule has 106 valence electrons. The molecule has 9 heteroatoms. The second kappa shape index (κ2) is 5.40. The van der Waals surface area contributed by atoms with Crippen LogP contribution in [0.3, 0.4) is 0 Å². The van der Waals surface area contributed by atoms with Crippen molar-refractivity contribution in [3.63, 3.8) is 0 Å². The summed E-state index contributed by atoms with van der Waals surface area (Å²) in [7, 11) is 0. The van der Waals surface area contributed by atoms with E-state index in [2.05, 4.69) is 20.7 Å². The quantitative estimate of drug-likeness (QED) is 0.464. The Bertz CT molecular complexity index is 480. The maximum absolute atomic E-state index is 12.4. The summed E-state index contributed by atoms with van der Waals surface area (Å²) in [6.07, 6.45) is -9.86. The normalized spacial score (nSPS) is 12.4. The summed E-state index contributed by atoms with van der Waals surface area (Å²) in [5.74, 6) is -1.92. The van der Waals surface area contributed by atoms with E-state index in [0.717, 1.165) is 0 Å². The molecule has 0 aromatic heterocycles. The van der Waals surface area contributed by atoms with Crippen LogP contribution >= 0.6 is 15.9 Å². The molecule has 1 aromatic rings. The van der Waals surface area contributed by atoms with Gasteiger partial charge in [0.1, 0.15) is 5.75 Å². The molecule has 1 rings (SSSR count).